The van der Waals surface area contributed by atoms with Crippen LogP contribution < -0.4 is 0 Å². The van der Waals surface area contributed by atoms with Gasteiger partial charge in [-0.05, 0) is 36.8 Å². The SMILES string of the molecule is OCC(O)(CCc1ccccc1)CCc1ccccc1. The molecule has 2 N–H and O–H groups in total. The molecule has 106 valence electrons. The summed E-state index contributed by atoms with van der Waals surface area (Å²) in [7, 11) is 0. The van der Waals surface area contributed by atoms with Gasteiger partial charge in [0.1, 0.15) is 0 Å². The Morgan fingerprint density at radius 3 is 1.45 bits per heavy atom. The molecular formula is C18H22O2. The van der Waals surface area contributed by atoms with E-state index in [1.54, 1.807) is 0 Å². The smallest absolute Gasteiger partial charge is 0.0883 e. The van der Waals surface area contributed by atoms with E-state index >= 15 is 0 Å². The van der Waals surface area contributed by atoms with Crippen molar-refractivity contribution in [1.29, 1.82) is 0 Å². The lowest BCUT2D eigenvalue weighted by Crippen LogP contribution is -2.34. The maximum absolute atomic E-state index is 10.5. The van der Waals surface area contributed by atoms with E-state index in [2.05, 4.69) is 24.3 Å². The number of benzene rings is 2. The van der Waals surface area contributed by atoms with Crippen molar-refractivity contribution in [2.24, 2.45) is 0 Å². The van der Waals surface area contributed by atoms with Crippen LogP contribution in [0, 0.1) is 0 Å². The summed E-state index contributed by atoms with van der Waals surface area (Å²) in [6.45, 7) is -0.188. The predicted octanol–water partition coefficient (Wildman–Crippen LogP) is 2.98. The van der Waals surface area contributed by atoms with Crippen LogP contribution in [0.2, 0.25) is 0 Å². The zero-order chi connectivity index (χ0) is 14.3. The zero-order valence-corrected chi connectivity index (χ0v) is 11.7. The monoisotopic (exact) mass is 270 g/mol. The van der Waals surface area contributed by atoms with E-state index in [0.717, 1.165) is 12.8 Å². The van der Waals surface area contributed by atoms with Crippen molar-refractivity contribution in [2.45, 2.75) is 31.3 Å². The first-order valence-corrected chi connectivity index (χ1v) is 7.13. The molecular weight excluding hydrogens is 248 g/mol. The lowest BCUT2D eigenvalue weighted by molar-refractivity contribution is -0.0273. The summed E-state index contributed by atoms with van der Waals surface area (Å²) in [6, 6.07) is 20.2. The average molecular weight is 270 g/mol. The minimum atomic E-state index is -0.994. The molecule has 2 aromatic carbocycles. The molecule has 0 atom stereocenters. The fraction of sp³-hybridized carbons (Fsp3) is 0.333. The summed E-state index contributed by atoms with van der Waals surface area (Å²) < 4.78 is 0. The van der Waals surface area contributed by atoms with Gasteiger partial charge in [0.2, 0.25) is 0 Å². The van der Waals surface area contributed by atoms with Gasteiger partial charge in [-0.1, -0.05) is 60.7 Å². The van der Waals surface area contributed by atoms with Crippen LogP contribution in [0.1, 0.15) is 24.0 Å². The van der Waals surface area contributed by atoms with Gasteiger partial charge >= 0.3 is 0 Å². The Morgan fingerprint density at radius 2 is 1.10 bits per heavy atom. The number of aryl methyl sites for hydroxylation is 2. The Bertz CT molecular complexity index is 450. The van der Waals surface area contributed by atoms with Crippen LogP contribution in [0.15, 0.2) is 60.7 Å². The highest BCUT2D eigenvalue weighted by Gasteiger charge is 2.25. The molecule has 20 heavy (non-hydrogen) atoms. The molecule has 0 aromatic heterocycles. The molecule has 0 unspecified atom stereocenters. The van der Waals surface area contributed by atoms with Crippen LogP contribution in [0.4, 0.5) is 0 Å². The molecule has 0 aliphatic rings. The first-order chi connectivity index (χ1) is 9.72. The molecule has 2 aromatic rings. The Labute approximate surface area is 120 Å². The Morgan fingerprint density at radius 1 is 0.700 bits per heavy atom. The third-order valence-corrected chi connectivity index (χ3v) is 3.74. The van der Waals surface area contributed by atoms with Crippen LogP contribution >= 0.6 is 0 Å². The third-order valence-electron chi connectivity index (χ3n) is 3.74. The molecule has 0 bridgehead atoms. The number of hydrogen-bond donors (Lipinski definition) is 2. The van der Waals surface area contributed by atoms with Crippen molar-refractivity contribution >= 4 is 0 Å². The average Bonchev–Trinajstić information content (AvgIpc) is 2.53. The normalized spacial score (nSPS) is 11.5. The van der Waals surface area contributed by atoms with Gasteiger partial charge in [0.25, 0.3) is 0 Å². The summed E-state index contributed by atoms with van der Waals surface area (Å²) >= 11 is 0. The molecule has 0 aliphatic heterocycles. The number of aliphatic hydroxyl groups excluding tert-OH is 1. The van der Waals surface area contributed by atoms with E-state index in [-0.39, 0.29) is 6.61 Å². The van der Waals surface area contributed by atoms with E-state index < -0.39 is 5.60 Å². The Balaban J connectivity index is 1.88. The molecule has 0 heterocycles. The van der Waals surface area contributed by atoms with Crippen molar-refractivity contribution in [3.05, 3.63) is 71.8 Å². The van der Waals surface area contributed by atoms with Gasteiger partial charge in [-0.15, -0.1) is 0 Å². The molecule has 0 fully saturated rings. The standard InChI is InChI=1S/C18H22O2/c19-15-18(20,13-11-16-7-3-1-4-8-16)14-12-17-9-5-2-6-10-17/h1-10,19-20H,11-15H2. The van der Waals surface area contributed by atoms with Crippen LogP contribution in [0.3, 0.4) is 0 Å². The molecule has 2 rings (SSSR count). The number of hydrogen-bond acceptors (Lipinski definition) is 2. The van der Waals surface area contributed by atoms with Crippen molar-refractivity contribution in [3.8, 4) is 0 Å². The molecule has 0 saturated heterocycles. The second-order valence-electron chi connectivity index (χ2n) is 5.35. The maximum atomic E-state index is 10.5. The highest BCUT2D eigenvalue weighted by Crippen LogP contribution is 2.20. The van der Waals surface area contributed by atoms with Gasteiger partial charge in [-0.3, -0.25) is 0 Å². The van der Waals surface area contributed by atoms with Crippen molar-refractivity contribution in [2.75, 3.05) is 6.61 Å². The Hall–Kier alpha value is -1.64. The lowest BCUT2D eigenvalue weighted by atomic mass is 9.89. The predicted molar refractivity (Wildman–Crippen MR) is 81.6 cm³/mol. The van der Waals surface area contributed by atoms with Crippen LogP contribution in [0.25, 0.3) is 0 Å². The summed E-state index contributed by atoms with van der Waals surface area (Å²) in [5.74, 6) is 0. The van der Waals surface area contributed by atoms with Gasteiger partial charge in [-0.25, -0.2) is 0 Å². The van der Waals surface area contributed by atoms with E-state index in [1.165, 1.54) is 11.1 Å². The van der Waals surface area contributed by atoms with Crippen molar-refractivity contribution in [1.82, 2.24) is 0 Å². The van der Waals surface area contributed by atoms with Crippen molar-refractivity contribution in [3.63, 3.8) is 0 Å². The molecule has 0 radical (unpaired) electrons. The van der Waals surface area contributed by atoms with E-state index in [0.29, 0.717) is 12.8 Å². The molecule has 0 amide bonds. The summed E-state index contributed by atoms with van der Waals surface area (Å²) in [6.07, 6.45) is 2.74. The second-order valence-corrected chi connectivity index (χ2v) is 5.35. The topological polar surface area (TPSA) is 40.5 Å². The molecule has 2 nitrogen and oxygen atoms in total. The maximum Gasteiger partial charge on any atom is 0.0883 e. The minimum Gasteiger partial charge on any atom is -0.393 e. The van der Waals surface area contributed by atoms with Crippen LogP contribution in [-0.4, -0.2) is 22.4 Å². The molecule has 2 heteroatoms. The lowest BCUT2D eigenvalue weighted by Gasteiger charge is -2.26. The van der Waals surface area contributed by atoms with Gasteiger partial charge in [-0.2, -0.15) is 0 Å². The fourth-order valence-corrected chi connectivity index (χ4v) is 2.33. The molecule has 0 aliphatic carbocycles. The summed E-state index contributed by atoms with van der Waals surface area (Å²) in [4.78, 5) is 0. The minimum absolute atomic E-state index is 0.188. The largest absolute Gasteiger partial charge is 0.393 e. The quantitative estimate of drug-likeness (QED) is 0.812. The van der Waals surface area contributed by atoms with Crippen molar-refractivity contribution < 1.29 is 10.2 Å². The van der Waals surface area contributed by atoms with Crippen LogP contribution in [-0.2, 0) is 12.8 Å². The van der Waals surface area contributed by atoms with E-state index in [1.807, 2.05) is 36.4 Å². The highest BCUT2D eigenvalue weighted by molar-refractivity contribution is 5.16. The Kier molecular flexibility index (Phi) is 5.33. The highest BCUT2D eigenvalue weighted by atomic mass is 16.3. The first kappa shape index (κ1) is 14.8. The molecule has 0 saturated carbocycles. The fourth-order valence-electron chi connectivity index (χ4n) is 2.33. The first-order valence-electron chi connectivity index (χ1n) is 7.13. The molecule has 0 spiro atoms. The van der Waals surface area contributed by atoms with Gasteiger partial charge < -0.3 is 10.2 Å². The van der Waals surface area contributed by atoms with E-state index in [4.69, 9.17) is 0 Å². The van der Waals surface area contributed by atoms with Gasteiger partial charge in [0, 0.05) is 0 Å². The summed E-state index contributed by atoms with van der Waals surface area (Å²) in [5.41, 5.74) is 1.39. The zero-order valence-electron chi connectivity index (χ0n) is 11.7. The van der Waals surface area contributed by atoms with Crippen LogP contribution in [0.5, 0.6) is 0 Å². The number of aliphatic hydroxyl groups is 2. The third kappa shape index (κ3) is 4.48. The van der Waals surface area contributed by atoms with Gasteiger partial charge in [0.15, 0.2) is 0 Å². The van der Waals surface area contributed by atoms with Gasteiger partial charge in [0.05, 0.1) is 12.2 Å². The number of rotatable bonds is 7. The summed E-state index contributed by atoms with van der Waals surface area (Å²) in [5, 5.41) is 20.0. The second kappa shape index (κ2) is 7.22. The van der Waals surface area contributed by atoms with E-state index in [9.17, 15) is 10.2 Å².